The zero-order valence-electron chi connectivity index (χ0n) is 15.1. The fourth-order valence-corrected chi connectivity index (χ4v) is 2.43. The molecule has 1 fully saturated rings. The zero-order valence-corrected chi connectivity index (χ0v) is 15.1. The van der Waals surface area contributed by atoms with E-state index >= 15 is 0 Å². The van der Waals surface area contributed by atoms with Crippen LogP contribution in [0.1, 0.15) is 67.2 Å². The molecule has 2 heteroatoms. The summed E-state index contributed by atoms with van der Waals surface area (Å²) in [5.41, 5.74) is 0. The second-order valence-electron chi connectivity index (χ2n) is 6.94. The van der Waals surface area contributed by atoms with Crippen LogP contribution in [0.25, 0.3) is 0 Å². The molecule has 0 aromatic rings. The minimum atomic E-state index is 0.848. The highest BCUT2D eigenvalue weighted by molar-refractivity contribution is 4.66. The van der Waals surface area contributed by atoms with E-state index in [1.807, 2.05) is 0 Å². The Kier molecular flexibility index (Phi) is 12.6. The Balaban J connectivity index is 0.000000361. The Bertz CT molecular complexity index is 182. The van der Waals surface area contributed by atoms with E-state index in [-0.39, 0.29) is 0 Å². The van der Waals surface area contributed by atoms with Crippen molar-refractivity contribution in [2.45, 2.75) is 67.2 Å². The molecule has 1 heterocycles. The third-order valence-corrected chi connectivity index (χ3v) is 4.14. The number of rotatable bonds is 8. The molecule has 1 rings (SSSR count). The number of likely N-dealkylation sites (tertiary alicyclic amines) is 1. The maximum absolute atomic E-state index is 2.58. The molecule has 0 unspecified atom stereocenters. The van der Waals surface area contributed by atoms with E-state index in [0.29, 0.717) is 0 Å². The van der Waals surface area contributed by atoms with Crippen molar-refractivity contribution in [3.8, 4) is 0 Å². The maximum Gasteiger partial charge on any atom is -0.00163 e. The average molecular weight is 285 g/mol. The Morgan fingerprint density at radius 2 is 1.35 bits per heavy atom. The number of nitrogens with zero attached hydrogens (tertiary/aromatic N) is 2. The summed E-state index contributed by atoms with van der Waals surface area (Å²) in [6.07, 6.45) is 5.57. The second-order valence-corrected chi connectivity index (χ2v) is 6.94. The standard InChI is InChI=1S/C9H19N.C9H21N/c1-9(2)5-8-10-6-3-4-7-10;1-5-10(6-2)8-7-9(3)4/h9H,3-8H2,1-2H3;9H,5-8H2,1-4H3. The molecule has 1 aliphatic rings. The van der Waals surface area contributed by atoms with Crippen LogP contribution < -0.4 is 0 Å². The van der Waals surface area contributed by atoms with E-state index < -0.39 is 0 Å². The van der Waals surface area contributed by atoms with Crippen LogP contribution in [0.15, 0.2) is 0 Å². The van der Waals surface area contributed by atoms with E-state index in [4.69, 9.17) is 0 Å². The van der Waals surface area contributed by atoms with Gasteiger partial charge in [0.25, 0.3) is 0 Å². The summed E-state index contributed by atoms with van der Waals surface area (Å²) in [6, 6.07) is 0. The van der Waals surface area contributed by atoms with E-state index in [0.717, 1.165) is 11.8 Å². The molecule has 0 aromatic carbocycles. The summed E-state index contributed by atoms with van der Waals surface area (Å²) in [6.45, 7) is 21.3. The quantitative estimate of drug-likeness (QED) is 0.647. The van der Waals surface area contributed by atoms with Crippen molar-refractivity contribution >= 4 is 0 Å². The van der Waals surface area contributed by atoms with Gasteiger partial charge in [-0.3, -0.25) is 0 Å². The molecule has 0 saturated carbocycles. The molecule has 0 N–H and O–H groups in total. The predicted molar refractivity (Wildman–Crippen MR) is 92.4 cm³/mol. The molecule has 1 aliphatic heterocycles. The van der Waals surface area contributed by atoms with Crippen molar-refractivity contribution in [1.82, 2.24) is 9.80 Å². The maximum atomic E-state index is 2.58. The number of hydrogen-bond acceptors (Lipinski definition) is 2. The lowest BCUT2D eigenvalue weighted by molar-refractivity contribution is 0.284. The Labute approximate surface area is 128 Å². The molecular formula is C18H40N2. The molecule has 0 radical (unpaired) electrons. The van der Waals surface area contributed by atoms with Crippen LogP contribution in [0.4, 0.5) is 0 Å². The molecule has 122 valence electrons. The minimum Gasteiger partial charge on any atom is -0.304 e. The van der Waals surface area contributed by atoms with Gasteiger partial charge in [0.15, 0.2) is 0 Å². The van der Waals surface area contributed by atoms with Crippen LogP contribution in [0.3, 0.4) is 0 Å². The summed E-state index contributed by atoms with van der Waals surface area (Å²) in [5, 5.41) is 0. The Morgan fingerprint density at radius 1 is 0.850 bits per heavy atom. The molecular weight excluding hydrogens is 244 g/mol. The van der Waals surface area contributed by atoms with Crippen LogP contribution in [-0.2, 0) is 0 Å². The lowest BCUT2D eigenvalue weighted by atomic mass is 10.1. The van der Waals surface area contributed by atoms with E-state index in [2.05, 4.69) is 51.3 Å². The summed E-state index contributed by atoms with van der Waals surface area (Å²) in [5.74, 6) is 1.72. The van der Waals surface area contributed by atoms with E-state index in [1.54, 1.807) is 0 Å². The largest absolute Gasteiger partial charge is 0.304 e. The summed E-state index contributed by atoms with van der Waals surface area (Å²) < 4.78 is 0. The van der Waals surface area contributed by atoms with Crippen LogP contribution in [0, 0.1) is 11.8 Å². The predicted octanol–water partition coefficient (Wildman–Crippen LogP) is 4.50. The second kappa shape index (κ2) is 12.6. The first-order valence-corrected chi connectivity index (χ1v) is 8.94. The van der Waals surface area contributed by atoms with Crippen molar-refractivity contribution in [3.05, 3.63) is 0 Å². The summed E-state index contributed by atoms with van der Waals surface area (Å²) >= 11 is 0. The van der Waals surface area contributed by atoms with Crippen molar-refractivity contribution in [3.63, 3.8) is 0 Å². The van der Waals surface area contributed by atoms with Gasteiger partial charge in [-0.15, -0.1) is 0 Å². The van der Waals surface area contributed by atoms with Gasteiger partial charge in [-0.1, -0.05) is 41.5 Å². The number of hydrogen-bond donors (Lipinski definition) is 0. The molecule has 0 spiro atoms. The van der Waals surface area contributed by atoms with Gasteiger partial charge in [0.05, 0.1) is 0 Å². The average Bonchev–Trinajstić information content (AvgIpc) is 2.91. The zero-order chi connectivity index (χ0) is 15.4. The fourth-order valence-electron chi connectivity index (χ4n) is 2.43. The summed E-state index contributed by atoms with van der Waals surface area (Å²) in [4.78, 5) is 5.06. The lowest BCUT2D eigenvalue weighted by Crippen LogP contribution is -2.24. The van der Waals surface area contributed by atoms with Gasteiger partial charge in [0.1, 0.15) is 0 Å². The molecule has 0 atom stereocenters. The molecule has 0 aliphatic carbocycles. The van der Waals surface area contributed by atoms with Gasteiger partial charge >= 0.3 is 0 Å². The highest BCUT2D eigenvalue weighted by atomic mass is 15.1. The van der Waals surface area contributed by atoms with Gasteiger partial charge in [0, 0.05) is 0 Å². The highest BCUT2D eigenvalue weighted by Gasteiger charge is 2.10. The Hall–Kier alpha value is -0.0800. The third kappa shape index (κ3) is 11.7. The van der Waals surface area contributed by atoms with Gasteiger partial charge in [-0.2, -0.15) is 0 Å². The van der Waals surface area contributed by atoms with Gasteiger partial charge < -0.3 is 9.80 Å². The van der Waals surface area contributed by atoms with Crippen LogP contribution in [0.5, 0.6) is 0 Å². The van der Waals surface area contributed by atoms with E-state index in [1.165, 1.54) is 65.0 Å². The molecule has 0 aromatic heterocycles. The highest BCUT2D eigenvalue weighted by Crippen LogP contribution is 2.09. The third-order valence-electron chi connectivity index (χ3n) is 4.14. The lowest BCUT2D eigenvalue weighted by Gasteiger charge is -2.18. The van der Waals surface area contributed by atoms with E-state index in [9.17, 15) is 0 Å². The normalized spacial score (nSPS) is 16.1. The molecule has 1 saturated heterocycles. The van der Waals surface area contributed by atoms with Gasteiger partial charge in [-0.05, 0) is 76.8 Å². The topological polar surface area (TPSA) is 6.48 Å². The smallest absolute Gasteiger partial charge is 0.00163 e. The van der Waals surface area contributed by atoms with Crippen LogP contribution >= 0.6 is 0 Å². The fraction of sp³-hybridized carbons (Fsp3) is 1.00. The van der Waals surface area contributed by atoms with Gasteiger partial charge in [-0.25, -0.2) is 0 Å². The van der Waals surface area contributed by atoms with Crippen LogP contribution in [0.2, 0.25) is 0 Å². The monoisotopic (exact) mass is 284 g/mol. The SMILES string of the molecule is CC(C)CCN1CCCC1.CCN(CC)CCC(C)C. The van der Waals surface area contributed by atoms with Crippen LogP contribution in [-0.4, -0.2) is 49.1 Å². The molecule has 0 amide bonds. The van der Waals surface area contributed by atoms with Crippen molar-refractivity contribution in [2.24, 2.45) is 11.8 Å². The Morgan fingerprint density at radius 3 is 1.75 bits per heavy atom. The first-order valence-electron chi connectivity index (χ1n) is 8.94. The molecule has 0 bridgehead atoms. The first kappa shape index (κ1) is 19.9. The van der Waals surface area contributed by atoms with Crippen molar-refractivity contribution in [2.75, 3.05) is 39.3 Å². The first-order chi connectivity index (χ1) is 9.49. The molecule has 20 heavy (non-hydrogen) atoms. The van der Waals surface area contributed by atoms with Crippen molar-refractivity contribution < 1.29 is 0 Å². The summed E-state index contributed by atoms with van der Waals surface area (Å²) in [7, 11) is 0. The molecule has 2 nitrogen and oxygen atoms in total. The van der Waals surface area contributed by atoms with Crippen molar-refractivity contribution in [1.29, 1.82) is 0 Å². The van der Waals surface area contributed by atoms with Gasteiger partial charge in [0.2, 0.25) is 0 Å². The minimum absolute atomic E-state index is 0.848.